The first kappa shape index (κ1) is 24.3. The first-order chi connectivity index (χ1) is 15.2. The summed E-state index contributed by atoms with van der Waals surface area (Å²) in [6.45, 7) is 0. The van der Waals surface area contributed by atoms with Crippen molar-refractivity contribution < 1.29 is 44.3 Å². The highest BCUT2D eigenvalue weighted by atomic mass is 32.2. The minimum Gasteiger partial charge on any atom is -0.345 e. The largest absolute Gasteiger partial charge is 0.471 e. The molecule has 0 saturated heterocycles. The zero-order valence-corrected chi connectivity index (χ0v) is 18.4. The summed E-state index contributed by atoms with van der Waals surface area (Å²) in [5, 5.41) is 4.05. The number of fused-ring (bicyclic) bond motifs is 1. The van der Waals surface area contributed by atoms with Crippen LogP contribution in [0.3, 0.4) is 0 Å². The van der Waals surface area contributed by atoms with E-state index in [1.165, 1.54) is 0 Å². The van der Waals surface area contributed by atoms with Crippen molar-refractivity contribution in [2.24, 2.45) is 5.92 Å². The van der Waals surface area contributed by atoms with Gasteiger partial charge in [-0.15, -0.1) is 11.3 Å². The lowest BCUT2D eigenvalue weighted by atomic mass is 9.89. The molecule has 0 aliphatic heterocycles. The first-order valence-corrected chi connectivity index (χ1v) is 12.3. The Hall–Kier alpha value is -1.87. The molecule has 3 aliphatic carbocycles. The monoisotopic (exact) mass is 519 g/mol. The molecule has 3 aliphatic rings. The highest BCUT2D eigenvalue weighted by Crippen LogP contribution is 2.44. The third-order valence-corrected chi connectivity index (χ3v) is 8.74. The van der Waals surface area contributed by atoms with Crippen molar-refractivity contribution in [3.8, 4) is 0 Å². The van der Waals surface area contributed by atoms with Gasteiger partial charge in [0, 0.05) is 29.8 Å². The molecule has 7 nitrogen and oxygen atoms in total. The lowest BCUT2D eigenvalue weighted by molar-refractivity contribution is -0.174. The van der Waals surface area contributed by atoms with Gasteiger partial charge in [0.05, 0.1) is 5.92 Å². The Morgan fingerprint density at radius 1 is 1.12 bits per heavy atom. The molecule has 2 amide bonds. The number of rotatable bonds is 6. The number of nitrogens with one attached hydrogen (secondary N) is 3. The average Bonchev–Trinajstić information content (AvgIpc) is 3.26. The zero-order chi connectivity index (χ0) is 24.3. The summed E-state index contributed by atoms with van der Waals surface area (Å²) in [6.07, 6.45) is -7.95. The van der Waals surface area contributed by atoms with Crippen molar-refractivity contribution in [1.82, 2.24) is 10.0 Å². The van der Waals surface area contributed by atoms with Crippen molar-refractivity contribution in [2.45, 2.75) is 73.8 Å². The predicted molar refractivity (Wildman–Crippen MR) is 104 cm³/mol. The summed E-state index contributed by atoms with van der Waals surface area (Å²) in [5.41, 5.74) is 0.0974. The molecular formula is C18H19F6N3O4S2. The van der Waals surface area contributed by atoms with Gasteiger partial charge in [-0.25, -0.2) is 26.3 Å². The van der Waals surface area contributed by atoms with Crippen LogP contribution in [0.4, 0.5) is 31.3 Å². The molecule has 1 aromatic heterocycles. The molecule has 1 aromatic rings. The van der Waals surface area contributed by atoms with Crippen LogP contribution in [0.5, 0.6) is 0 Å². The number of hydrogen-bond donors (Lipinski definition) is 3. The van der Waals surface area contributed by atoms with Crippen molar-refractivity contribution in [3.05, 3.63) is 10.4 Å². The Bertz CT molecular complexity index is 1080. The van der Waals surface area contributed by atoms with E-state index < -0.39 is 75.8 Å². The predicted octanol–water partition coefficient (Wildman–Crippen LogP) is 2.66. The summed E-state index contributed by atoms with van der Waals surface area (Å²) in [5.74, 6) is -6.85. The topological polar surface area (TPSA) is 104 Å². The van der Waals surface area contributed by atoms with Gasteiger partial charge in [-0.3, -0.25) is 9.59 Å². The molecule has 3 N–H and O–H groups in total. The molecule has 2 unspecified atom stereocenters. The van der Waals surface area contributed by atoms with E-state index in [0.29, 0.717) is 4.88 Å². The maximum Gasteiger partial charge on any atom is 0.471 e. The molecule has 4 rings (SSSR count). The molecular weight excluding hydrogens is 500 g/mol. The standard InChI is InChI=1S/C18H19F6N3O4S2/c19-11-4-9(11)14(28)26-15-13(33(30,31)27-8-5-17(20,21)6-8)10-3-7(1-2-12(10)32-15)25-16(29)18(22,23)24/h7-9,11,27H,1-6H2,(H,25,29)(H,26,28)/t7-,9?,11?/m0/s1. The fourth-order valence-corrected chi connectivity index (χ4v) is 7.19. The van der Waals surface area contributed by atoms with Gasteiger partial charge in [0.25, 0.3) is 5.92 Å². The fourth-order valence-electron chi connectivity index (χ4n) is 3.98. The Labute approximate surface area is 188 Å². The molecule has 2 saturated carbocycles. The lowest BCUT2D eigenvalue weighted by Gasteiger charge is -2.35. The van der Waals surface area contributed by atoms with Crippen LogP contribution in [0.1, 0.15) is 36.1 Å². The minimum atomic E-state index is -5.12. The average molecular weight is 519 g/mol. The van der Waals surface area contributed by atoms with E-state index in [4.69, 9.17) is 0 Å². The molecule has 184 valence electrons. The fraction of sp³-hybridized carbons (Fsp3) is 0.667. The Balaban J connectivity index is 1.62. The van der Waals surface area contributed by atoms with Crippen molar-refractivity contribution >= 4 is 38.2 Å². The van der Waals surface area contributed by atoms with Crippen molar-refractivity contribution in [1.29, 1.82) is 0 Å². The number of amides is 2. The van der Waals surface area contributed by atoms with Gasteiger partial charge in [0.15, 0.2) is 0 Å². The maximum absolute atomic E-state index is 13.3. The molecule has 33 heavy (non-hydrogen) atoms. The summed E-state index contributed by atoms with van der Waals surface area (Å²) in [6, 6.07) is -2.07. The lowest BCUT2D eigenvalue weighted by Crippen LogP contribution is -2.50. The van der Waals surface area contributed by atoms with Crippen LogP contribution in [-0.2, 0) is 32.5 Å². The van der Waals surface area contributed by atoms with Gasteiger partial charge in [0.1, 0.15) is 16.1 Å². The second-order valence-electron chi connectivity index (χ2n) is 8.50. The van der Waals surface area contributed by atoms with Gasteiger partial charge in [-0.2, -0.15) is 13.2 Å². The number of aryl methyl sites for hydroxylation is 1. The Kier molecular flexibility index (Phi) is 5.97. The summed E-state index contributed by atoms with van der Waals surface area (Å²) < 4.78 is 106. The van der Waals surface area contributed by atoms with Gasteiger partial charge < -0.3 is 10.6 Å². The van der Waals surface area contributed by atoms with E-state index >= 15 is 0 Å². The van der Waals surface area contributed by atoms with E-state index in [1.54, 1.807) is 0 Å². The van der Waals surface area contributed by atoms with Crippen LogP contribution in [0.25, 0.3) is 0 Å². The number of alkyl halides is 6. The summed E-state index contributed by atoms with van der Waals surface area (Å²) in [4.78, 5) is 23.6. The first-order valence-electron chi connectivity index (χ1n) is 10.0. The van der Waals surface area contributed by atoms with Crippen LogP contribution < -0.4 is 15.4 Å². The molecule has 0 aromatic carbocycles. The normalized spacial score (nSPS) is 26.8. The third-order valence-electron chi connectivity index (χ3n) is 5.77. The van der Waals surface area contributed by atoms with Gasteiger partial charge in [-0.1, -0.05) is 0 Å². The van der Waals surface area contributed by atoms with Crippen molar-refractivity contribution in [3.63, 3.8) is 0 Å². The Morgan fingerprint density at radius 2 is 1.76 bits per heavy atom. The van der Waals surface area contributed by atoms with Gasteiger partial charge in [0.2, 0.25) is 15.9 Å². The minimum absolute atomic E-state index is 0.0139. The second kappa shape index (κ2) is 8.12. The quantitative estimate of drug-likeness (QED) is 0.503. The number of thiophene rings is 1. The smallest absolute Gasteiger partial charge is 0.345 e. The van der Waals surface area contributed by atoms with Crippen LogP contribution >= 0.6 is 11.3 Å². The van der Waals surface area contributed by atoms with E-state index in [0.717, 1.165) is 11.3 Å². The summed E-state index contributed by atoms with van der Waals surface area (Å²) >= 11 is 0.886. The van der Waals surface area contributed by atoms with Gasteiger partial charge >= 0.3 is 12.1 Å². The molecule has 15 heteroatoms. The Morgan fingerprint density at radius 3 is 2.30 bits per heavy atom. The molecule has 2 fully saturated rings. The third kappa shape index (κ3) is 5.14. The number of anilines is 1. The number of carbonyl (C=O) groups excluding carboxylic acids is 2. The second-order valence-corrected chi connectivity index (χ2v) is 11.3. The van der Waals surface area contributed by atoms with E-state index in [-0.39, 0.29) is 36.2 Å². The van der Waals surface area contributed by atoms with E-state index in [9.17, 15) is 44.3 Å². The SMILES string of the molecule is O=C(Nc1sc2c(c1S(=O)(=O)NC1CC(F)(F)C1)C[C@@H](NC(=O)C(F)(F)F)CC2)C1CC1F. The number of sulfonamides is 1. The molecule has 0 radical (unpaired) electrons. The van der Waals surface area contributed by atoms with E-state index in [1.807, 2.05) is 5.32 Å². The maximum atomic E-state index is 13.3. The molecule has 3 atom stereocenters. The van der Waals surface area contributed by atoms with Crippen LogP contribution in [0, 0.1) is 5.92 Å². The molecule has 0 bridgehead atoms. The van der Waals surface area contributed by atoms with Gasteiger partial charge in [-0.05, 0) is 31.2 Å². The highest BCUT2D eigenvalue weighted by Gasteiger charge is 2.48. The van der Waals surface area contributed by atoms with Crippen LogP contribution in [0.2, 0.25) is 0 Å². The zero-order valence-electron chi connectivity index (χ0n) is 16.8. The molecule has 1 heterocycles. The number of halogens is 6. The van der Waals surface area contributed by atoms with E-state index in [2.05, 4.69) is 10.0 Å². The highest BCUT2D eigenvalue weighted by molar-refractivity contribution is 7.90. The summed E-state index contributed by atoms with van der Waals surface area (Å²) in [7, 11) is -4.46. The molecule has 0 spiro atoms. The van der Waals surface area contributed by atoms with Crippen molar-refractivity contribution in [2.75, 3.05) is 5.32 Å². The number of carbonyl (C=O) groups is 2. The number of hydrogen-bond acceptors (Lipinski definition) is 5. The van der Waals surface area contributed by atoms with Crippen LogP contribution in [0.15, 0.2) is 4.90 Å². The van der Waals surface area contributed by atoms with Crippen LogP contribution in [-0.4, -0.2) is 50.6 Å².